The number of phenolic OH excluding ortho intramolecular Hbond substituents is 1. The summed E-state index contributed by atoms with van der Waals surface area (Å²) < 4.78 is 25.1. The van der Waals surface area contributed by atoms with Crippen LogP contribution in [-0.4, -0.2) is 78.8 Å². The Balaban J connectivity index is 1.83. The van der Waals surface area contributed by atoms with E-state index in [-0.39, 0.29) is 49.1 Å². The zero-order chi connectivity index (χ0) is 28.3. The summed E-state index contributed by atoms with van der Waals surface area (Å²) in [6, 6.07) is 1.74. The Labute approximate surface area is 219 Å². The quantitative estimate of drug-likeness (QED) is 0.198. The standard InChI is InChI=1S/C25H31N3O9S/c1-28(2)15-9-11(5-4-6-27-38(3,36)37)20(30)18-14(15)8-12-7-13-10-16(29)19(24(26)34)23(33)25(13,35)22(32)17(12)21(18)31/h9,12-13,27,30-31,33,35H,4-8,10H2,1-3H3,(H2,26,34). The summed E-state index contributed by atoms with van der Waals surface area (Å²) in [5, 5.41) is 44.5. The van der Waals surface area contributed by atoms with E-state index in [9.17, 15) is 43.2 Å². The van der Waals surface area contributed by atoms with Crippen molar-refractivity contribution in [2.24, 2.45) is 17.6 Å². The minimum absolute atomic E-state index is 0.00871. The number of aryl methyl sites for hydroxylation is 1. The fourth-order valence-corrected chi connectivity index (χ4v) is 6.36. The van der Waals surface area contributed by atoms with Crippen LogP contribution in [0.1, 0.15) is 36.0 Å². The molecule has 7 N–H and O–H groups in total. The number of aliphatic hydroxyl groups is 3. The number of nitrogens with two attached hydrogens (primary N) is 1. The van der Waals surface area contributed by atoms with Crippen molar-refractivity contribution in [3.63, 3.8) is 0 Å². The number of anilines is 1. The number of aliphatic hydroxyl groups excluding tert-OH is 2. The van der Waals surface area contributed by atoms with E-state index in [1.54, 1.807) is 25.1 Å². The van der Waals surface area contributed by atoms with E-state index < -0.39 is 62.0 Å². The van der Waals surface area contributed by atoms with E-state index in [0.29, 0.717) is 23.2 Å². The first-order chi connectivity index (χ1) is 17.6. The van der Waals surface area contributed by atoms with Crippen LogP contribution in [0.15, 0.2) is 23.0 Å². The third-order valence-electron chi connectivity index (χ3n) is 7.59. The highest BCUT2D eigenvalue weighted by Gasteiger charge is 2.60. The highest BCUT2D eigenvalue weighted by molar-refractivity contribution is 7.88. The molecule has 0 spiro atoms. The monoisotopic (exact) mass is 549 g/mol. The number of primary amides is 1. The van der Waals surface area contributed by atoms with Gasteiger partial charge in [0.2, 0.25) is 15.8 Å². The van der Waals surface area contributed by atoms with Crippen LogP contribution < -0.4 is 15.4 Å². The van der Waals surface area contributed by atoms with Gasteiger partial charge in [0, 0.05) is 44.2 Å². The number of aromatic hydroxyl groups is 1. The lowest BCUT2D eigenvalue weighted by atomic mass is 9.59. The molecule has 1 fully saturated rings. The van der Waals surface area contributed by atoms with Crippen LogP contribution in [0.4, 0.5) is 5.69 Å². The average Bonchev–Trinajstić information content (AvgIpc) is 2.79. The van der Waals surface area contributed by atoms with E-state index in [1.807, 2.05) is 0 Å². The number of ketones is 2. The van der Waals surface area contributed by atoms with E-state index in [4.69, 9.17) is 5.73 Å². The molecule has 0 saturated heterocycles. The highest BCUT2D eigenvalue weighted by atomic mass is 32.2. The molecule has 1 saturated carbocycles. The Morgan fingerprint density at radius 3 is 2.45 bits per heavy atom. The number of benzene rings is 1. The van der Waals surface area contributed by atoms with Gasteiger partial charge in [-0.1, -0.05) is 0 Å². The summed E-state index contributed by atoms with van der Waals surface area (Å²) in [6.45, 7) is 0.126. The van der Waals surface area contributed by atoms with Gasteiger partial charge >= 0.3 is 0 Å². The van der Waals surface area contributed by atoms with Crippen LogP contribution in [0.2, 0.25) is 0 Å². The number of hydrogen-bond acceptors (Lipinski definition) is 10. The molecule has 1 aromatic rings. The summed E-state index contributed by atoms with van der Waals surface area (Å²) in [4.78, 5) is 39.7. The molecule has 1 aromatic carbocycles. The van der Waals surface area contributed by atoms with Crippen LogP contribution in [0.3, 0.4) is 0 Å². The summed E-state index contributed by atoms with van der Waals surface area (Å²) in [5.41, 5.74) is 3.20. The number of carbonyl (C=O) groups excluding carboxylic acids is 3. The number of amides is 1. The number of rotatable bonds is 7. The zero-order valence-corrected chi connectivity index (χ0v) is 22.1. The maximum Gasteiger partial charge on any atom is 0.255 e. The Kier molecular flexibility index (Phi) is 6.83. The first-order valence-electron chi connectivity index (χ1n) is 12.1. The van der Waals surface area contributed by atoms with E-state index in [0.717, 1.165) is 6.26 Å². The van der Waals surface area contributed by atoms with Crippen molar-refractivity contribution in [3.05, 3.63) is 39.7 Å². The molecule has 0 radical (unpaired) electrons. The van der Waals surface area contributed by atoms with Crippen LogP contribution >= 0.6 is 0 Å². The zero-order valence-electron chi connectivity index (χ0n) is 21.2. The molecule has 0 heterocycles. The molecule has 12 nitrogen and oxygen atoms in total. The van der Waals surface area contributed by atoms with E-state index in [2.05, 4.69) is 4.72 Å². The lowest BCUT2D eigenvalue weighted by molar-refractivity contribution is -0.147. The molecule has 0 bridgehead atoms. The Bertz CT molecular complexity index is 1430. The largest absolute Gasteiger partial charge is 0.508 e. The van der Waals surface area contributed by atoms with Crippen molar-refractivity contribution in [3.8, 4) is 5.75 Å². The molecule has 206 valence electrons. The molecule has 3 aliphatic carbocycles. The van der Waals surface area contributed by atoms with Crippen LogP contribution in [0.5, 0.6) is 5.75 Å². The molecule has 3 unspecified atom stereocenters. The van der Waals surface area contributed by atoms with Crippen LogP contribution in [0.25, 0.3) is 5.76 Å². The lowest BCUT2D eigenvalue weighted by Crippen LogP contribution is -2.58. The normalized spacial score (nSPS) is 25.2. The van der Waals surface area contributed by atoms with Crippen molar-refractivity contribution in [1.29, 1.82) is 0 Å². The van der Waals surface area contributed by atoms with E-state index >= 15 is 0 Å². The first kappa shape index (κ1) is 27.6. The number of carbonyl (C=O) groups is 3. The summed E-state index contributed by atoms with van der Waals surface area (Å²) in [7, 11) is 0.160. The van der Waals surface area contributed by atoms with Gasteiger partial charge in [-0.2, -0.15) is 0 Å². The van der Waals surface area contributed by atoms with Crippen molar-refractivity contribution in [2.45, 2.75) is 37.7 Å². The van der Waals surface area contributed by atoms with Gasteiger partial charge in [-0.25, -0.2) is 13.1 Å². The molecule has 13 heteroatoms. The Hall–Kier alpha value is -3.42. The van der Waals surface area contributed by atoms with Crippen molar-refractivity contribution >= 4 is 38.9 Å². The van der Waals surface area contributed by atoms with Gasteiger partial charge in [-0.15, -0.1) is 0 Å². The van der Waals surface area contributed by atoms with Gasteiger partial charge in [-0.05, 0) is 48.8 Å². The molecule has 0 aromatic heterocycles. The number of phenols is 1. The Morgan fingerprint density at radius 1 is 1.21 bits per heavy atom. The first-order valence-corrected chi connectivity index (χ1v) is 14.0. The third-order valence-corrected chi connectivity index (χ3v) is 8.32. The molecule has 3 atom stereocenters. The highest BCUT2D eigenvalue weighted by Crippen LogP contribution is 2.53. The predicted octanol–water partition coefficient (Wildman–Crippen LogP) is -0.0283. The third kappa shape index (κ3) is 4.33. The van der Waals surface area contributed by atoms with E-state index in [1.165, 1.54) is 0 Å². The average molecular weight is 550 g/mol. The number of Topliss-reactive ketones (excluding diaryl/α,β-unsaturated/α-hetero) is 2. The summed E-state index contributed by atoms with van der Waals surface area (Å²) in [5.74, 6) is -6.73. The van der Waals surface area contributed by atoms with Crippen molar-refractivity contribution in [2.75, 3.05) is 31.8 Å². The SMILES string of the molecule is CN(C)c1cc(CCCNS(C)(=O)=O)c(O)c2c1CC1CC3CC(=O)C(C(N)=O)=C(O)C3(O)C(=O)C1=C2O. The number of hydrogen-bond donors (Lipinski definition) is 6. The van der Waals surface area contributed by atoms with Gasteiger partial charge < -0.3 is 31.1 Å². The summed E-state index contributed by atoms with van der Waals surface area (Å²) >= 11 is 0. The fraction of sp³-hybridized carbons (Fsp3) is 0.480. The summed E-state index contributed by atoms with van der Waals surface area (Å²) in [6.07, 6.45) is 1.50. The molecule has 1 amide bonds. The maximum atomic E-state index is 13.7. The molecule has 4 rings (SSSR count). The number of nitrogens with one attached hydrogen (secondary N) is 1. The molecule has 3 aliphatic rings. The minimum atomic E-state index is -3.39. The second-order valence-corrected chi connectivity index (χ2v) is 12.2. The lowest BCUT2D eigenvalue weighted by Gasteiger charge is -2.46. The second-order valence-electron chi connectivity index (χ2n) is 10.3. The van der Waals surface area contributed by atoms with Gasteiger partial charge in [-0.3, -0.25) is 14.4 Å². The van der Waals surface area contributed by atoms with Gasteiger partial charge in [0.05, 0.1) is 11.8 Å². The maximum absolute atomic E-state index is 13.7. The predicted molar refractivity (Wildman–Crippen MR) is 137 cm³/mol. The minimum Gasteiger partial charge on any atom is -0.508 e. The topological polar surface area (TPSA) is 208 Å². The number of nitrogens with zero attached hydrogens (tertiary/aromatic N) is 1. The van der Waals surface area contributed by atoms with Gasteiger partial charge in [0.15, 0.2) is 11.4 Å². The van der Waals surface area contributed by atoms with Crippen LogP contribution in [0, 0.1) is 11.8 Å². The molecular weight excluding hydrogens is 518 g/mol. The Morgan fingerprint density at radius 2 is 1.87 bits per heavy atom. The molecule has 0 aliphatic heterocycles. The molecular formula is C25H31N3O9S. The van der Waals surface area contributed by atoms with Gasteiger partial charge in [0.1, 0.15) is 22.8 Å². The van der Waals surface area contributed by atoms with Gasteiger partial charge in [0.25, 0.3) is 5.91 Å². The van der Waals surface area contributed by atoms with Crippen molar-refractivity contribution < 1.29 is 43.2 Å². The smallest absolute Gasteiger partial charge is 0.255 e. The van der Waals surface area contributed by atoms with Crippen LogP contribution in [-0.2, 0) is 37.2 Å². The molecule has 38 heavy (non-hydrogen) atoms. The number of fused-ring (bicyclic) bond motifs is 3. The van der Waals surface area contributed by atoms with Crippen molar-refractivity contribution in [1.82, 2.24) is 4.72 Å². The number of sulfonamides is 1. The second kappa shape index (κ2) is 9.40. The fourth-order valence-electron chi connectivity index (χ4n) is 5.85.